The van der Waals surface area contributed by atoms with E-state index >= 15 is 0 Å². The van der Waals surface area contributed by atoms with E-state index in [-0.39, 0.29) is 11.8 Å². The van der Waals surface area contributed by atoms with E-state index in [4.69, 9.17) is 6.48 Å². The van der Waals surface area contributed by atoms with Crippen LogP contribution in [-0.2, 0) is 0 Å². The Labute approximate surface area is 43.6 Å². The third-order valence-corrected chi connectivity index (χ3v) is 0.693. The SMILES string of the molecule is [3H]c1ccccc1O. The highest BCUT2D eigenvalue weighted by Crippen LogP contribution is 2.02. The summed E-state index contributed by atoms with van der Waals surface area (Å²) in [6.45, 7) is 0. The summed E-state index contributed by atoms with van der Waals surface area (Å²) in [4.78, 5) is 0. The van der Waals surface area contributed by atoms with Gasteiger partial charge in [-0.3, -0.25) is 0 Å². The van der Waals surface area contributed by atoms with Gasteiger partial charge in [-0.05, 0) is 12.1 Å². The molecule has 1 nitrogen and oxygen atoms in total. The maximum atomic E-state index is 8.73. The first-order valence-electron chi connectivity index (χ1n) is 2.55. The second-order valence-corrected chi connectivity index (χ2v) is 1.25. The molecule has 1 aromatic carbocycles. The molecule has 1 N–H and O–H groups in total. The smallest absolute Gasteiger partial charge is 0.115 e. The molecule has 0 atom stereocenters. The van der Waals surface area contributed by atoms with Crippen LogP contribution < -0.4 is 0 Å². The molecule has 0 amide bonds. The van der Waals surface area contributed by atoms with E-state index in [0.29, 0.717) is 0 Å². The summed E-state index contributed by atoms with van der Waals surface area (Å²) in [5.74, 6) is 0.0347. The van der Waals surface area contributed by atoms with E-state index in [2.05, 4.69) is 0 Å². The van der Waals surface area contributed by atoms with Gasteiger partial charge in [0.05, 0.1) is 1.37 Å². The van der Waals surface area contributed by atoms with Crippen molar-refractivity contribution >= 4 is 0 Å². The molecule has 0 fully saturated rings. The van der Waals surface area contributed by atoms with Gasteiger partial charge in [0.2, 0.25) is 0 Å². The fourth-order valence-electron chi connectivity index (χ4n) is 0.384. The predicted octanol–water partition coefficient (Wildman–Crippen LogP) is 1.39. The van der Waals surface area contributed by atoms with Gasteiger partial charge < -0.3 is 5.11 Å². The molecule has 1 heteroatoms. The lowest BCUT2D eigenvalue weighted by atomic mass is 10.3. The summed E-state index contributed by atoms with van der Waals surface area (Å²) >= 11 is 0. The van der Waals surface area contributed by atoms with Crippen LogP contribution in [0, 0.1) is 0 Å². The first-order valence-corrected chi connectivity index (χ1v) is 2.05. The van der Waals surface area contributed by atoms with Crippen LogP contribution in [0.1, 0.15) is 1.37 Å². The molecule has 0 aliphatic heterocycles. The molecule has 7 heavy (non-hydrogen) atoms. The van der Waals surface area contributed by atoms with Gasteiger partial charge in [0, 0.05) is 0 Å². The first-order chi connectivity index (χ1) is 3.80. The number of hydrogen-bond donors (Lipinski definition) is 1. The lowest BCUT2D eigenvalue weighted by Crippen LogP contribution is -1.56. The summed E-state index contributed by atoms with van der Waals surface area (Å²) in [6.07, 6.45) is 0. The van der Waals surface area contributed by atoms with Crippen LogP contribution in [0.3, 0.4) is 0 Å². The molecule has 0 heterocycles. The van der Waals surface area contributed by atoms with Crippen molar-refractivity contribution in [1.82, 2.24) is 0 Å². The summed E-state index contributed by atoms with van der Waals surface area (Å²) in [5.41, 5.74) is 0. The largest absolute Gasteiger partial charge is 0.508 e. The minimum atomic E-state index is 0.0347. The molecule has 0 aliphatic carbocycles. The molecule has 36 valence electrons. The zero-order chi connectivity index (χ0) is 5.98. The van der Waals surface area contributed by atoms with Gasteiger partial charge in [-0.1, -0.05) is 18.2 Å². The molecule has 0 radical (unpaired) electrons. The number of phenols is 1. The van der Waals surface area contributed by atoms with E-state index in [1.54, 1.807) is 12.1 Å². The molecule has 0 unspecified atom stereocenters. The predicted molar refractivity (Wildman–Crippen MR) is 28.1 cm³/mol. The van der Waals surface area contributed by atoms with E-state index in [0.717, 1.165) is 0 Å². The normalized spacial score (nSPS) is 10.6. The van der Waals surface area contributed by atoms with Crippen LogP contribution in [-0.4, -0.2) is 5.11 Å². The van der Waals surface area contributed by atoms with Crippen molar-refractivity contribution < 1.29 is 6.48 Å². The minimum absolute atomic E-state index is 0.0347. The Balaban J connectivity index is 3.13. The van der Waals surface area contributed by atoms with Crippen molar-refractivity contribution in [3.05, 3.63) is 30.3 Å². The number of rotatable bonds is 0. The van der Waals surface area contributed by atoms with Gasteiger partial charge in [0.1, 0.15) is 5.75 Å². The fourth-order valence-corrected chi connectivity index (χ4v) is 0.384. The highest BCUT2D eigenvalue weighted by Gasteiger charge is 1.74. The molecule has 0 aliphatic rings. The number of phenolic OH excluding ortho intramolecular Hbond substituents is 1. The monoisotopic (exact) mass is 96.1 g/mol. The molecule has 0 saturated carbocycles. The number of hydrogen-bond acceptors (Lipinski definition) is 1. The average Bonchev–Trinajstić information content (AvgIpc) is 1.77. The molecule has 1 aromatic rings. The quantitative estimate of drug-likeness (QED) is 0.517. The van der Waals surface area contributed by atoms with Crippen LogP contribution >= 0.6 is 0 Å². The Kier molecular flexibility index (Phi) is 0.724. The number of benzene rings is 1. The second kappa shape index (κ2) is 1.65. The molecule has 0 aromatic heterocycles. The highest BCUT2D eigenvalue weighted by molar-refractivity contribution is 5.18. The molecular weight excluding hydrogens is 88.1 g/mol. The third-order valence-electron chi connectivity index (χ3n) is 0.693. The van der Waals surface area contributed by atoms with Gasteiger partial charge in [-0.25, -0.2) is 0 Å². The third kappa shape index (κ3) is 0.929. The van der Waals surface area contributed by atoms with Crippen molar-refractivity contribution in [1.29, 1.82) is 0 Å². The summed E-state index contributed by atoms with van der Waals surface area (Å²) in [5, 5.41) is 8.73. The Bertz CT molecular complexity index is 165. The Hall–Kier alpha value is -0.980. The maximum absolute atomic E-state index is 8.73. The second-order valence-electron chi connectivity index (χ2n) is 1.25. The Morgan fingerprint density at radius 1 is 1.43 bits per heavy atom. The average molecular weight is 96.1 g/mol. The van der Waals surface area contributed by atoms with Crippen LogP contribution in [0.15, 0.2) is 30.3 Å². The lowest BCUT2D eigenvalue weighted by molar-refractivity contribution is 0.475. The van der Waals surface area contributed by atoms with Gasteiger partial charge in [-0.15, -0.1) is 0 Å². The van der Waals surface area contributed by atoms with Crippen molar-refractivity contribution in [3.8, 4) is 5.75 Å². The molecular formula is C6H6O. The Morgan fingerprint density at radius 3 is 2.71 bits per heavy atom. The summed E-state index contributed by atoms with van der Waals surface area (Å²) in [6, 6.07) is 6.60. The van der Waals surface area contributed by atoms with E-state index in [1.807, 2.05) is 0 Å². The van der Waals surface area contributed by atoms with Crippen molar-refractivity contribution in [2.45, 2.75) is 0 Å². The van der Waals surface area contributed by atoms with Gasteiger partial charge in [-0.2, -0.15) is 0 Å². The van der Waals surface area contributed by atoms with Crippen LogP contribution in [0.25, 0.3) is 0 Å². The topological polar surface area (TPSA) is 20.2 Å². The van der Waals surface area contributed by atoms with Crippen LogP contribution in [0.4, 0.5) is 0 Å². The zero-order valence-corrected chi connectivity index (χ0v) is 3.76. The molecule has 0 spiro atoms. The maximum Gasteiger partial charge on any atom is 0.115 e. The lowest BCUT2D eigenvalue weighted by Gasteiger charge is -1.82. The molecule has 1 rings (SSSR count). The molecule has 0 saturated heterocycles. The summed E-state index contributed by atoms with van der Waals surface area (Å²) in [7, 11) is 0. The standard InChI is InChI=1S/C6H6O/c7-6-4-2-1-3-5-6/h1-5,7H/i4T. The Morgan fingerprint density at radius 2 is 2.29 bits per heavy atom. The van der Waals surface area contributed by atoms with E-state index in [1.165, 1.54) is 12.1 Å². The highest BCUT2D eigenvalue weighted by atomic mass is 16.3. The van der Waals surface area contributed by atoms with Crippen molar-refractivity contribution in [3.63, 3.8) is 0 Å². The van der Waals surface area contributed by atoms with Gasteiger partial charge in [0.25, 0.3) is 0 Å². The van der Waals surface area contributed by atoms with E-state index < -0.39 is 0 Å². The fraction of sp³-hybridized carbons (Fsp3) is 0. The van der Waals surface area contributed by atoms with Crippen LogP contribution in [0.5, 0.6) is 5.75 Å². The molecule has 0 bridgehead atoms. The first kappa shape index (κ1) is 3.08. The van der Waals surface area contributed by atoms with Crippen molar-refractivity contribution in [2.75, 3.05) is 0 Å². The van der Waals surface area contributed by atoms with Crippen LogP contribution in [0.2, 0.25) is 0 Å². The number of para-hydroxylation sites is 1. The number of aromatic hydroxyl groups is 1. The minimum Gasteiger partial charge on any atom is -0.508 e. The summed E-state index contributed by atoms with van der Waals surface area (Å²) < 4.78 is 6.97. The zero-order valence-electron chi connectivity index (χ0n) is 4.76. The van der Waals surface area contributed by atoms with E-state index in [9.17, 15) is 0 Å². The van der Waals surface area contributed by atoms with Crippen molar-refractivity contribution in [2.24, 2.45) is 0 Å². The van der Waals surface area contributed by atoms with Gasteiger partial charge >= 0.3 is 0 Å². The van der Waals surface area contributed by atoms with Gasteiger partial charge in [0.15, 0.2) is 0 Å².